The molecule has 0 unspecified atom stereocenters. The maximum atomic E-state index is 11.3. The van der Waals surface area contributed by atoms with Crippen molar-refractivity contribution in [3.05, 3.63) is 41.5 Å². The quantitative estimate of drug-likeness (QED) is 0.751. The molecule has 0 atom stereocenters. The zero-order valence-electron chi connectivity index (χ0n) is 9.50. The van der Waals surface area contributed by atoms with E-state index in [2.05, 4.69) is 25.2 Å². The van der Waals surface area contributed by atoms with Crippen molar-refractivity contribution in [2.45, 2.75) is 27.2 Å². The first-order valence-corrected chi connectivity index (χ1v) is 5.20. The Bertz CT molecular complexity index is 380. The van der Waals surface area contributed by atoms with E-state index in [9.17, 15) is 4.79 Å². The smallest absolute Gasteiger partial charge is 0.248 e. The van der Waals surface area contributed by atoms with Gasteiger partial charge in [0, 0.05) is 5.69 Å². The molecule has 15 heavy (non-hydrogen) atoms. The normalized spacial score (nSPS) is 10.6. The number of rotatable bonds is 3. The van der Waals surface area contributed by atoms with Crippen molar-refractivity contribution in [2.75, 3.05) is 5.32 Å². The van der Waals surface area contributed by atoms with Gasteiger partial charge in [-0.25, -0.2) is 0 Å². The van der Waals surface area contributed by atoms with Crippen LogP contribution in [0.4, 0.5) is 5.69 Å². The summed E-state index contributed by atoms with van der Waals surface area (Å²) in [6, 6.07) is 5.99. The highest BCUT2D eigenvalue weighted by molar-refractivity contribution is 5.99. The molecule has 1 amide bonds. The second-order valence-electron chi connectivity index (χ2n) is 3.48. The fourth-order valence-corrected chi connectivity index (χ4v) is 1.51. The topological polar surface area (TPSA) is 29.1 Å². The average Bonchev–Trinajstić information content (AvgIpc) is 2.18. The van der Waals surface area contributed by atoms with Gasteiger partial charge in [0.15, 0.2) is 0 Å². The van der Waals surface area contributed by atoms with E-state index in [-0.39, 0.29) is 5.91 Å². The number of carbonyl (C=O) groups is 1. The first-order valence-electron chi connectivity index (χ1n) is 5.20. The number of anilines is 1. The van der Waals surface area contributed by atoms with Crippen LogP contribution in [-0.4, -0.2) is 5.91 Å². The molecule has 1 N–H and O–H groups in total. The van der Waals surface area contributed by atoms with Crippen molar-refractivity contribution in [3.8, 4) is 0 Å². The molecule has 0 aliphatic rings. The number of carbonyl (C=O) groups excluding carboxylic acids is 1. The standard InChI is InChI=1S/C13H17NO/c1-4-6-13(15)14-12-8-7-11(5-2)10(3)9-12/h4,6-9H,5H2,1-3H3,(H,14,15)/b6-4+. The number of hydrogen-bond donors (Lipinski definition) is 1. The van der Waals surface area contributed by atoms with E-state index in [4.69, 9.17) is 0 Å². The molecule has 0 fully saturated rings. The minimum Gasteiger partial charge on any atom is -0.323 e. The maximum Gasteiger partial charge on any atom is 0.248 e. The molecule has 0 saturated carbocycles. The Labute approximate surface area is 91.0 Å². The second-order valence-corrected chi connectivity index (χ2v) is 3.48. The van der Waals surface area contributed by atoms with E-state index >= 15 is 0 Å². The molecule has 0 saturated heterocycles. The molecule has 0 heterocycles. The van der Waals surface area contributed by atoms with Crippen LogP contribution in [-0.2, 0) is 11.2 Å². The Morgan fingerprint density at radius 2 is 2.20 bits per heavy atom. The number of hydrogen-bond acceptors (Lipinski definition) is 1. The molecule has 2 nitrogen and oxygen atoms in total. The van der Waals surface area contributed by atoms with E-state index < -0.39 is 0 Å². The third-order valence-electron chi connectivity index (χ3n) is 2.31. The molecular weight excluding hydrogens is 186 g/mol. The summed E-state index contributed by atoms with van der Waals surface area (Å²) < 4.78 is 0. The monoisotopic (exact) mass is 203 g/mol. The number of aryl methyl sites for hydroxylation is 2. The van der Waals surface area contributed by atoms with Crippen LogP contribution in [0.15, 0.2) is 30.4 Å². The van der Waals surface area contributed by atoms with Gasteiger partial charge < -0.3 is 5.32 Å². The van der Waals surface area contributed by atoms with Crippen molar-refractivity contribution in [1.82, 2.24) is 0 Å². The zero-order chi connectivity index (χ0) is 11.3. The molecule has 0 aliphatic carbocycles. The van der Waals surface area contributed by atoms with Crippen LogP contribution in [0, 0.1) is 6.92 Å². The largest absolute Gasteiger partial charge is 0.323 e. The molecule has 0 radical (unpaired) electrons. The van der Waals surface area contributed by atoms with Crippen LogP contribution >= 0.6 is 0 Å². The Kier molecular flexibility index (Phi) is 4.10. The first-order chi connectivity index (χ1) is 7.17. The molecule has 2 heteroatoms. The van der Waals surface area contributed by atoms with Crippen LogP contribution in [0.2, 0.25) is 0 Å². The molecule has 0 aliphatic heterocycles. The van der Waals surface area contributed by atoms with Gasteiger partial charge in [-0.2, -0.15) is 0 Å². The van der Waals surface area contributed by atoms with Gasteiger partial charge >= 0.3 is 0 Å². The number of benzene rings is 1. The summed E-state index contributed by atoms with van der Waals surface area (Å²) >= 11 is 0. The summed E-state index contributed by atoms with van der Waals surface area (Å²) in [6.07, 6.45) is 4.26. The van der Waals surface area contributed by atoms with Gasteiger partial charge in [-0.3, -0.25) is 4.79 Å². The fraction of sp³-hybridized carbons (Fsp3) is 0.308. The summed E-state index contributed by atoms with van der Waals surface area (Å²) in [7, 11) is 0. The average molecular weight is 203 g/mol. The molecule has 1 aromatic carbocycles. The van der Waals surface area contributed by atoms with Crippen molar-refractivity contribution in [3.63, 3.8) is 0 Å². The third-order valence-corrected chi connectivity index (χ3v) is 2.31. The Balaban J connectivity index is 2.79. The molecule has 0 spiro atoms. The first kappa shape index (κ1) is 11.5. The van der Waals surface area contributed by atoms with Gasteiger partial charge in [0.25, 0.3) is 0 Å². The van der Waals surface area contributed by atoms with Crippen LogP contribution < -0.4 is 5.32 Å². The highest BCUT2D eigenvalue weighted by Crippen LogP contribution is 2.15. The summed E-state index contributed by atoms with van der Waals surface area (Å²) in [4.78, 5) is 11.3. The van der Waals surface area contributed by atoms with Crippen LogP contribution in [0.1, 0.15) is 25.0 Å². The number of amides is 1. The minimum absolute atomic E-state index is 0.0823. The van der Waals surface area contributed by atoms with Gasteiger partial charge in [-0.15, -0.1) is 0 Å². The highest BCUT2D eigenvalue weighted by Gasteiger charge is 2.00. The Morgan fingerprint density at radius 3 is 2.73 bits per heavy atom. The summed E-state index contributed by atoms with van der Waals surface area (Å²) in [6.45, 7) is 6.01. The molecule has 1 rings (SSSR count). The van der Waals surface area contributed by atoms with Crippen molar-refractivity contribution < 1.29 is 4.79 Å². The van der Waals surface area contributed by atoms with Crippen molar-refractivity contribution in [1.29, 1.82) is 0 Å². The predicted octanol–water partition coefficient (Wildman–Crippen LogP) is 3.07. The van der Waals surface area contributed by atoms with E-state index in [0.29, 0.717) is 0 Å². The second kappa shape index (κ2) is 5.35. The fourth-order valence-electron chi connectivity index (χ4n) is 1.51. The van der Waals surface area contributed by atoms with E-state index in [1.54, 1.807) is 6.08 Å². The lowest BCUT2D eigenvalue weighted by Crippen LogP contribution is -2.07. The zero-order valence-corrected chi connectivity index (χ0v) is 9.50. The third kappa shape index (κ3) is 3.24. The summed E-state index contributed by atoms with van der Waals surface area (Å²) in [5.74, 6) is -0.0823. The van der Waals surface area contributed by atoms with Crippen molar-refractivity contribution >= 4 is 11.6 Å². The summed E-state index contributed by atoms with van der Waals surface area (Å²) in [5.41, 5.74) is 3.39. The number of allylic oxidation sites excluding steroid dienone is 1. The minimum atomic E-state index is -0.0823. The molecule has 80 valence electrons. The predicted molar refractivity (Wildman–Crippen MR) is 64.0 cm³/mol. The molecule has 0 bridgehead atoms. The van der Waals surface area contributed by atoms with E-state index in [1.807, 2.05) is 19.1 Å². The Hall–Kier alpha value is -1.57. The van der Waals surface area contributed by atoms with Gasteiger partial charge in [-0.1, -0.05) is 19.1 Å². The van der Waals surface area contributed by atoms with Crippen LogP contribution in [0.25, 0.3) is 0 Å². The van der Waals surface area contributed by atoms with Crippen LogP contribution in [0.3, 0.4) is 0 Å². The molecular formula is C13H17NO. The van der Waals surface area contributed by atoms with Gasteiger partial charge in [0.05, 0.1) is 0 Å². The van der Waals surface area contributed by atoms with Crippen molar-refractivity contribution in [2.24, 2.45) is 0 Å². The lowest BCUT2D eigenvalue weighted by atomic mass is 10.1. The maximum absolute atomic E-state index is 11.3. The SMILES string of the molecule is C/C=C/C(=O)Nc1ccc(CC)c(C)c1. The summed E-state index contributed by atoms with van der Waals surface area (Å²) in [5, 5.41) is 2.81. The lowest BCUT2D eigenvalue weighted by molar-refractivity contribution is -0.111. The highest BCUT2D eigenvalue weighted by atomic mass is 16.1. The van der Waals surface area contributed by atoms with Crippen LogP contribution in [0.5, 0.6) is 0 Å². The van der Waals surface area contributed by atoms with Gasteiger partial charge in [-0.05, 0) is 49.6 Å². The Morgan fingerprint density at radius 1 is 1.47 bits per heavy atom. The van der Waals surface area contributed by atoms with Gasteiger partial charge in [0.1, 0.15) is 0 Å². The lowest BCUT2D eigenvalue weighted by Gasteiger charge is -2.07. The number of nitrogens with one attached hydrogen (secondary N) is 1. The van der Waals surface area contributed by atoms with Gasteiger partial charge in [0.2, 0.25) is 5.91 Å². The van der Waals surface area contributed by atoms with E-state index in [1.165, 1.54) is 17.2 Å². The van der Waals surface area contributed by atoms with E-state index in [0.717, 1.165) is 12.1 Å². The molecule has 0 aromatic heterocycles. The molecule has 1 aromatic rings.